The molecule has 0 aromatic heterocycles. The second-order valence-corrected chi connectivity index (χ2v) is 4.65. The Morgan fingerprint density at radius 1 is 1.29 bits per heavy atom. The predicted molar refractivity (Wildman–Crippen MR) is 71.2 cm³/mol. The first-order valence-electron chi connectivity index (χ1n) is 5.85. The third-order valence-corrected chi connectivity index (χ3v) is 2.77. The van der Waals surface area contributed by atoms with Gasteiger partial charge in [-0.05, 0) is 24.6 Å². The molecule has 0 aliphatic heterocycles. The highest BCUT2D eigenvalue weighted by atomic mass is 16.2. The zero-order valence-corrected chi connectivity index (χ0v) is 10.7. The topological polar surface area (TPSA) is 67.2 Å². The molecular formula is C13H21N3O. The Bertz CT molecular complexity index is 371. The summed E-state index contributed by atoms with van der Waals surface area (Å²) in [5.41, 5.74) is 7.63. The molecule has 1 rings (SSSR count). The molecule has 0 aliphatic rings. The van der Waals surface area contributed by atoms with Crippen LogP contribution in [0.25, 0.3) is 0 Å². The molecular weight excluding hydrogens is 214 g/mol. The van der Waals surface area contributed by atoms with E-state index in [2.05, 4.69) is 24.5 Å². The Morgan fingerprint density at radius 2 is 1.88 bits per heavy atom. The number of rotatable bonds is 4. The molecule has 0 bridgehead atoms. The van der Waals surface area contributed by atoms with Gasteiger partial charge in [-0.1, -0.05) is 26.0 Å². The van der Waals surface area contributed by atoms with E-state index >= 15 is 0 Å². The zero-order chi connectivity index (χ0) is 12.9. The van der Waals surface area contributed by atoms with Crippen molar-refractivity contribution in [3.8, 4) is 0 Å². The van der Waals surface area contributed by atoms with Gasteiger partial charge in [0.15, 0.2) is 0 Å². The normalized spacial score (nSPS) is 11.1. The maximum absolute atomic E-state index is 11.3. The van der Waals surface area contributed by atoms with Crippen LogP contribution in [0.2, 0.25) is 0 Å². The molecule has 0 aliphatic carbocycles. The van der Waals surface area contributed by atoms with Crippen LogP contribution in [-0.4, -0.2) is 19.1 Å². The smallest absolute Gasteiger partial charge is 0.319 e. The Morgan fingerprint density at radius 3 is 2.35 bits per heavy atom. The lowest BCUT2D eigenvalue weighted by Crippen LogP contribution is -2.29. The van der Waals surface area contributed by atoms with E-state index in [1.807, 2.05) is 31.2 Å². The van der Waals surface area contributed by atoms with Crippen LogP contribution in [0.1, 0.15) is 26.3 Å². The highest BCUT2D eigenvalue weighted by Gasteiger charge is 2.17. The standard InChI is InChI=1S/C13H21N3O/c1-4-15-12(17)16-11-7-5-10(6-8-11)13(2,3)9-14/h5-8H,4,9,14H2,1-3H3,(H2,15,16,17). The van der Waals surface area contributed by atoms with Crippen molar-refractivity contribution in [3.63, 3.8) is 0 Å². The van der Waals surface area contributed by atoms with Gasteiger partial charge in [-0.2, -0.15) is 0 Å². The van der Waals surface area contributed by atoms with E-state index in [0.29, 0.717) is 13.1 Å². The lowest BCUT2D eigenvalue weighted by atomic mass is 9.85. The maximum Gasteiger partial charge on any atom is 0.319 e. The molecule has 2 amide bonds. The number of urea groups is 1. The predicted octanol–water partition coefficient (Wildman–Crippen LogP) is 2.06. The fraction of sp³-hybridized carbons (Fsp3) is 0.462. The van der Waals surface area contributed by atoms with Crippen molar-refractivity contribution in [2.75, 3.05) is 18.4 Å². The van der Waals surface area contributed by atoms with Gasteiger partial charge in [-0.3, -0.25) is 0 Å². The monoisotopic (exact) mass is 235 g/mol. The lowest BCUT2D eigenvalue weighted by molar-refractivity contribution is 0.252. The molecule has 0 radical (unpaired) electrons. The van der Waals surface area contributed by atoms with Crippen molar-refractivity contribution in [1.82, 2.24) is 5.32 Å². The minimum Gasteiger partial charge on any atom is -0.338 e. The minimum absolute atomic E-state index is 0.0375. The SMILES string of the molecule is CCNC(=O)Nc1ccc(C(C)(C)CN)cc1. The summed E-state index contributed by atoms with van der Waals surface area (Å²) in [7, 11) is 0. The average Bonchev–Trinajstić information content (AvgIpc) is 2.30. The zero-order valence-electron chi connectivity index (χ0n) is 10.7. The Balaban J connectivity index is 2.72. The van der Waals surface area contributed by atoms with E-state index in [1.54, 1.807) is 0 Å². The van der Waals surface area contributed by atoms with E-state index in [9.17, 15) is 4.79 Å². The fourth-order valence-electron chi connectivity index (χ4n) is 1.46. The molecule has 0 heterocycles. The van der Waals surface area contributed by atoms with Gasteiger partial charge in [0.05, 0.1) is 0 Å². The molecule has 4 N–H and O–H groups in total. The van der Waals surface area contributed by atoms with Gasteiger partial charge in [0, 0.05) is 24.2 Å². The number of benzene rings is 1. The molecule has 94 valence electrons. The van der Waals surface area contributed by atoms with Gasteiger partial charge >= 0.3 is 6.03 Å². The van der Waals surface area contributed by atoms with Gasteiger partial charge < -0.3 is 16.4 Å². The van der Waals surface area contributed by atoms with Crippen LogP contribution >= 0.6 is 0 Å². The first-order valence-corrected chi connectivity index (χ1v) is 5.85. The second kappa shape index (κ2) is 5.68. The van der Waals surface area contributed by atoms with Crippen molar-refractivity contribution in [2.24, 2.45) is 5.73 Å². The van der Waals surface area contributed by atoms with Gasteiger partial charge in [-0.15, -0.1) is 0 Å². The van der Waals surface area contributed by atoms with Gasteiger partial charge in [0.2, 0.25) is 0 Å². The van der Waals surface area contributed by atoms with Gasteiger partial charge in [0.25, 0.3) is 0 Å². The molecule has 0 unspecified atom stereocenters. The summed E-state index contributed by atoms with van der Waals surface area (Å²) in [4.78, 5) is 11.3. The van der Waals surface area contributed by atoms with E-state index < -0.39 is 0 Å². The molecule has 0 saturated carbocycles. The first kappa shape index (κ1) is 13.5. The third kappa shape index (κ3) is 3.75. The molecule has 0 saturated heterocycles. The summed E-state index contributed by atoms with van der Waals surface area (Å²) in [6.07, 6.45) is 0. The number of nitrogens with two attached hydrogens (primary N) is 1. The third-order valence-electron chi connectivity index (χ3n) is 2.77. The van der Waals surface area contributed by atoms with Crippen molar-refractivity contribution in [2.45, 2.75) is 26.2 Å². The van der Waals surface area contributed by atoms with E-state index in [0.717, 1.165) is 5.69 Å². The molecule has 4 nitrogen and oxygen atoms in total. The van der Waals surface area contributed by atoms with E-state index in [4.69, 9.17) is 5.73 Å². The summed E-state index contributed by atoms with van der Waals surface area (Å²) in [6.45, 7) is 7.28. The molecule has 0 spiro atoms. The van der Waals surface area contributed by atoms with Crippen molar-refractivity contribution < 1.29 is 4.79 Å². The number of anilines is 1. The van der Waals surface area contributed by atoms with Crippen molar-refractivity contribution in [1.29, 1.82) is 0 Å². The van der Waals surface area contributed by atoms with Crippen LogP contribution in [0, 0.1) is 0 Å². The van der Waals surface area contributed by atoms with Crippen LogP contribution in [0.3, 0.4) is 0 Å². The van der Waals surface area contributed by atoms with E-state index in [1.165, 1.54) is 5.56 Å². The highest BCUT2D eigenvalue weighted by Crippen LogP contribution is 2.23. The number of hydrogen-bond donors (Lipinski definition) is 3. The van der Waals surface area contributed by atoms with Crippen molar-refractivity contribution in [3.05, 3.63) is 29.8 Å². The first-order chi connectivity index (χ1) is 7.99. The molecule has 0 fully saturated rings. The number of nitrogens with one attached hydrogen (secondary N) is 2. The largest absolute Gasteiger partial charge is 0.338 e. The Labute approximate surface area is 103 Å². The van der Waals surface area contributed by atoms with Crippen molar-refractivity contribution >= 4 is 11.7 Å². The number of carbonyl (C=O) groups is 1. The van der Waals surface area contributed by atoms with Gasteiger partial charge in [-0.25, -0.2) is 4.79 Å². The van der Waals surface area contributed by atoms with Gasteiger partial charge in [0.1, 0.15) is 0 Å². The molecule has 4 heteroatoms. The highest BCUT2D eigenvalue weighted by molar-refractivity contribution is 5.89. The summed E-state index contributed by atoms with van der Waals surface area (Å²) < 4.78 is 0. The summed E-state index contributed by atoms with van der Waals surface area (Å²) in [5, 5.41) is 5.44. The summed E-state index contributed by atoms with van der Waals surface area (Å²) in [6, 6.07) is 7.59. The molecule has 0 atom stereocenters. The number of hydrogen-bond acceptors (Lipinski definition) is 2. The average molecular weight is 235 g/mol. The minimum atomic E-state index is -0.182. The second-order valence-electron chi connectivity index (χ2n) is 4.65. The van der Waals surface area contributed by atoms with E-state index in [-0.39, 0.29) is 11.4 Å². The van der Waals surface area contributed by atoms with Crippen LogP contribution < -0.4 is 16.4 Å². The molecule has 1 aromatic carbocycles. The van der Waals surface area contributed by atoms with Crippen LogP contribution in [0.15, 0.2) is 24.3 Å². The lowest BCUT2D eigenvalue weighted by Gasteiger charge is -2.23. The maximum atomic E-state index is 11.3. The number of amides is 2. The quantitative estimate of drug-likeness (QED) is 0.748. The Kier molecular flexibility index (Phi) is 4.52. The van der Waals surface area contributed by atoms with Crippen LogP contribution in [0.5, 0.6) is 0 Å². The summed E-state index contributed by atoms with van der Waals surface area (Å²) in [5.74, 6) is 0. The van der Waals surface area contributed by atoms with Crippen LogP contribution in [0.4, 0.5) is 10.5 Å². The Hall–Kier alpha value is -1.55. The molecule has 1 aromatic rings. The number of carbonyl (C=O) groups excluding carboxylic acids is 1. The molecule has 17 heavy (non-hydrogen) atoms. The fourth-order valence-corrected chi connectivity index (χ4v) is 1.46. The summed E-state index contributed by atoms with van der Waals surface area (Å²) >= 11 is 0. The van der Waals surface area contributed by atoms with Crippen LogP contribution in [-0.2, 0) is 5.41 Å².